The summed E-state index contributed by atoms with van der Waals surface area (Å²) in [5.41, 5.74) is 0. The molecule has 1 aliphatic rings. The molecular formula is C13H25N3O2. The van der Waals surface area contributed by atoms with E-state index < -0.39 is 0 Å². The van der Waals surface area contributed by atoms with Gasteiger partial charge in [0.05, 0.1) is 0 Å². The van der Waals surface area contributed by atoms with Gasteiger partial charge < -0.3 is 15.5 Å². The molecule has 0 bridgehead atoms. The number of nitrogens with zero attached hydrogens (tertiary/aromatic N) is 1. The van der Waals surface area contributed by atoms with Crippen molar-refractivity contribution >= 4 is 11.8 Å². The molecule has 1 aliphatic heterocycles. The minimum absolute atomic E-state index is 0.0248. The molecule has 0 saturated carbocycles. The first kappa shape index (κ1) is 15.0. The summed E-state index contributed by atoms with van der Waals surface area (Å²) in [5.74, 6) is 0.338. The van der Waals surface area contributed by atoms with Crippen molar-refractivity contribution in [3.05, 3.63) is 0 Å². The summed E-state index contributed by atoms with van der Waals surface area (Å²) in [6, 6.07) is 0.237. The van der Waals surface area contributed by atoms with Crippen LogP contribution in [0.25, 0.3) is 0 Å². The maximum Gasteiger partial charge on any atom is 0.226 e. The molecule has 1 atom stereocenters. The molecule has 0 spiro atoms. The van der Waals surface area contributed by atoms with Crippen LogP contribution in [0.4, 0.5) is 0 Å². The first-order valence-corrected chi connectivity index (χ1v) is 6.81. The summed E-state index contributed by atoms with van der Waals surface area (Å²) in [4.78, 5) is 25.3. The van der Waals surface area contributed by atoms with E-state index in [1.807, 2.05) is 25.8 Å². The lowest BCUT2D eigenvalue weighted by molar-refractivity contribution is -0.136. The molecule has 5 nitrogen and oxygen atoms in total. The van der Waals surface area contributed by atoms with E-state index >= 15 is 0 Å². The van der Waals surface area contributed by atoms with Gasteiger partial charge in [-0.3, -0.25) is 9.59 Å². The topological polar surface area (TPSA) is 61.4 Å². The molecule has 104 valence electrons. The minimum atomic E-state index is 0.0248. The fourth-order valence-electron chi connectivity index (χ4n) is 2.28. The van der Waals surface area contributed by atoms with Crippen LogP contribution < -0.4 is 10.6 Å². The van der Waals surface area contributed by atoms with Gasteiger partial charge in [-0.15, -0.1) is 0 Å². The van der Waals surface area contributed by atoms with Crippen LogP contribution in [0.2, 0.25) is 0 Å². The minimum Gasteiger partial charge on any atom is -0.353 e. The summed E-state index contributed by atoms with van der Waals surface area (Å²) in [6.45, 7) is 6.02. The highest BCUT2D eigenvalue weighted by molar-refractivity contribution is 5.79. The lowest BCUT2D eigenvalue weighted by atomic mass is 10.0. The van der Waals surface area contributed by atoms with Gasteiger partial charge in [-0.2, -0.15) is 0 Å². The largest absolute Gasteiger partial charge is 0.353 e. The Labute approximate surface area is 109 Å². The predicted octanol–water partition coefficient (Wildman–Crippen LogP) is 0.359. The van der Waals surface area contributed by atoms with Crippen molar-refractivity contribution in [2.75, 3.05) is 26.7 Å². The molecule has 1 unspecified atom stereocenters. The highest BCUT2D eigenvalue weighted by Gasteiger charge is 2.25. The molecule has 1 saturated heterocycles. The van der Waals surface area contributed by atoms with Gasteiger partial charge >= 0.3 is 0 Å². The number of hydrogen-bond donors (Lipinski definition) is 2. The molecule has 2 N–H and O–H groups in total. The van der Waals surface area contributed by atoms with Crippen LogP contribution in [-0.4, -0.2) is 49.4 Å². The Kier molecular flexibility index (Phi) is 6.12. The number of rotatable bonds is 5. The van der Waals surface area contributed by atoms with Crippen LogP contribution in [0.5, 0.6) is 0 Å². The summed E-state index contributed by atoms with van der Waals surface area (Å²) in [6.07, 6.45) is 2.26. The summed E-state index contributed by atoms with van der Waals surface area (Å²) < 4.78 is 0. The number of carbonyl (C=O) groups is 2. The van der Waals surface area contributed by atoms with E-state index in [1.165, 1.54) is 0 Å². The number of hydrogen-bond acceptors (Lipinski definition) is 3. The first-order chi connectivity index (χ1) is 8.58. The van der Waals surface area contributed by atoms with E-state index in [-0.39, 0.29) is 23.8 Å². The average molecular weight is 255 g/mol. The van der Waals surface area contributed by atoms with Gasteiger partial charge in [-0.05, 0) is 19.9 Å². The quantitative estimate of drug-likeness (QED) is 0.745. The van der Waals surface area contributed by atoms with E-state index in [2.05, 4.69) is 10.6 Å². The fourth-order valence-corrected chi connectivity index (χ4v) is 2.28. The standard InChI is InChI=1S/C13H25N3O2/c1-4-12(17)15-11-5-7-16(8-6-11)13(18)10(2)9-14-3/h10-11,14H,4-9H2,1-3H3,(H,15,17). The van der Waals surface area contributed by atoms with Crippen molar-refractivity contribution in [1.29, 1.82) is 0 Å². The molecule has 0 aliphatic carbocycles. The van der Waals surface area contributed by atoms with Gasteiger partial charge in [0.1, 0.15) is 0 Å². The fraction of sp³-hybridized carbons (Fsp3) is 0.846. The van der Waals surface area contributed by atoms with Crippen molar-refractivity contribution in [2.24, 2.45) is 5.92 Å². The maximum absolute atomic E-state index is 12.1. The molecule has 0 aromatic carbocycles. The molecule has 1 fully saturated rings. The Morgan fingerprint density at radius 3 is 2.44 bits per heavy atom. The van der Waals surface area contributed by atoms with Crippen molar-refractivity contribution in [2.45, 2.75) is 39.2 Å². The van der Waals surface area contributed by atoms with Crippen molar-refractivity contribution in [1.82, 2.24) is 15.5 Å². The summed E-state index contributed by atoms with van der Waals surface area (Å²) in [5, 5.41) is 6.02. The van der Waals surface area contributed by atoms with Crippen LogP contribution in [0.1, 0.15) is 33.1 Å². The third-order valence-corrected chi connectivity index (χ3v) is 3.42. The van der Waals surface area contributed by atoms with Gasteiger partial charge in [0, 0.05) is 38.0 Å². The normalized spacial score (nSPS) is 18.5. The second-order valence-electron chi connectivity index (χ2n) is 4.98. The van der Waals surface area contributed by atoms with Crippen LogP contribution in [0, 0.1) is 5.92 Å². The van der Waals surface area contributed by atoms with Crippen molar-refractivity contribution < 1.29 is 9.59 Å². The Bertz CT molecular complexity index is 286. The van der Waals surface area contributed by atoms with E-state index in [0.29, 0.717) is 13.0 Å². The van der Waals surface area contributed by atoms with Gasteiger partial charge in [0.25, 0.3) is 0 Å². The second kappa shape index (κ2) is 7.36. The molecule has 0 aromatic heterocycles. The van der Waals surface area contributed by atoms with Crippen LogP contribution in [0.3, 0.4) is 0 Å². The number of likely N-dealkylation sites (tertiary alicyclic amines) is 1. The van der Waals surface area contributed by atoms with Gasteiger partial charge in [-0.1, -0.05) is 13.8 Å². The van der Waals surface area contributed by atoms with Gasteiger partial charge in [0.2, 0.25) is 11.8 Å². The third-order valence-electron chi connectivity index (χ3n) is 3.42. The maximum atomic E-state index is 12.1. The molecule has 1 rings (SSSR count). The zero-order chi connectivity index (χ0) is 13.5. The molecule has 0 radical (unpaired) electrons. The number of amides is 2. The number of piperidine rings is 1. The zero-order valence-electron chi connectivity index (χ0n) is 11.7. The van der Waals surface area contributed by atoms with Gasteiger partial charge in [0.15, 0.2) is 0 Å². The summed E-state index contributed by atoms with van der Waals surface area (Å²) in [7, 11) is 1.86. The Balaban J connectivity index is 2.34. The molecule has 18 heavy (non-hydrogen) atoms. The lowest BCUT2D eigenvalue weighted by Gasteiger charge is -2.33. The highest BCUT2D eigenvalue weighted by atomic mass is 16.2. The first-order valence-electron chi connectivity index (χ1n) is 6.81. The summed E-state index contributed by atoms with van der Waals surface area (Å²) >= 11 is 0. The van der Waals surface area contributed by atoms with Gasteiger partial charge in [-0.25, -0.2) is 0 Å². The van der Waals surface area contributed by atoms with Crippen LogP contribution >= 0.6 is 0 Å². The number of nitrogens with one attached hydrogen (secondary N) is 2. The highest BCUT2D eigenvalue weighted by Crippen LogP contribution is 2.13. The SMILES string of the molecule is CCC(=O)NC1CCN(C(=O)C(C)CNC)CC1. The van der Waals surface area contributed by atoms with E-state index in [1.54, 1.807) is 0 Å². The Hall–Kier alpha value is -1.10. The molecule has 5 heteroatoms. The zero-order valence-corrected chi connectivity index (χ0v) is 11.7. The van der Waals surface area contributed by atoms with Crippen molar-refractivity contribution in [3.8, 4) is 0 Å². The molecule has 0 aromatic rings. The van der Waals surface area contributed by atoms with Crippen molar-refractivity contribution in [3.63, 3.8) is 0 Å². The van der Waals surface area contributed by atoms with Crippen LogP contribution in [0.15, 0.2) is 0 Å². The van der Waals surface area contributed by atoms with E-state index in [9.17, 15) is 9.59 Å². The average Bonchev–Trinajstić information content (AvgIpc) is 2.39. The smallest absolute Gasteiger partial charge is 0.226 e. The Morgan fingerprint density at radius 2 is 1.94 bits per heavy atom. The second-order valence-corrected chi connectivity index (χ2v) is 4.98. The monoisotopic (exact) mass is 255 g/mol. The van der Waals surface area contributed by atoms with E-state index in [4.69, 9.17) is 0 Å². The Morgan fingerprint density at radius 1 is 1.33 bits per heavy atom. The third kappa shape index (κ3) is 4.29. The number of carbonyl (C=O) groups excluding carboxylic acids is 2. The molecule has 1 heterocycles. The predicted molar refractivity (Wildman–Crippen MR) is 71.1 cm³/mol. The van der Waals surface area contributed by atoms with E-state index in [0.717, 1.165) is 25.9 Å². The van der Waals surface area contributed by atoms with Crippen LogP contribution in [-0.2, 0) is 9.59 Å². The lowest BCUT2D eigenvalue weighted by Crippen LogP contribution is -2.48. The molecular weight excluding hydrogens is 230 g/mol. The molecule has 2 amide bonds.